The Morgan fingerprint density at radius 3 is 3.25 bits per heavy atom. The molecule has 1 saturated heterocycles. The Morgan fingerprint density at radius 1 is 1.60 bits per heavy atom. The fraction of sp³-hybridized carbons (Fsp3) is 0.462. The fourth-order valence-corrected chi connectivity index (χ4v) is 2.86. The minimum atomic E-state index is -0.185. The summed E-state index contributed by atoms with van der Waals surface area (Å²) in [5.41, 5.74) is 3.49. The molecule has 0 spiro atoms. The largest absolute Gasteiger partial charge is 0.368 e. The van der Waals surface area contributed by atoms with Crippen LogP contribution in [0.2, 0.25) is 0 Å². The van der Waals surface area contributed by atoms with E-state index < -0.39 is 0 Å². The number of aromatic amines is 1. The summed E-state index contributed by atoms with van der Waals surface area (Å²) < 4.78 is 5.73. The van der Waals surface area contributed by atoms with Crippen LogP contribution < -0.4 is 5.56 Å². The maximum atomic E-state index is 11.5. The Bertz CT molecular complexity index is 626. The van der Waals surface area contributed by atoms with Crippen molar-refractivity contribution in [2.24, 2.45) is 0 Å². The summed E-state index contributed by atoms with van der Waals surface area (Å²) in [7, 11) is 0. The number of ether oxygens (including phenoxy) is 1. The van der Waals surface area contributed by atoms with Crippen LogP contribution in [-0.2, 0) is 11.3 Å². The average Bonchev–Trinajstić information content (AvgIpc) is 2.91. The van der Waals surface area contributed by atoms with Gasteiger partial charge in [-0.2, -0.15) is 0 Å². The number of aromatic nitrogens is 3. The lowest BCUT2D eigenvalue weighted by Gasteiger charge is -2.31. The molecule has 6 nitrogen and oxygen atoms in total. The smallest absolute Gasteiger partial charge is 0.251 e. The Balaban J connectivity index is 1.72. The summed E-state index contributed by atoms with van der Waals surface area (Å²) in [6.07, 6.45) is -0.185. The van der Waals surface area contributed by atoms with E-state index in [1.807, 2.05) is 12.4 Å². The van der Waals surface area contributed by atoms with Gasteiger partial charge in [-0.3, -0.25) is 9.69 Å². The summed E-state index contributed by atoms with van der Waals surface area (Å²) in [5, 5.41) is 2.05. The highest BCUT2D eigenvalue weighted by molar-refractivity contribution is 7.07. The van der Waals surface area contributed by atoms with E-state index in [-0.39, 0.29) is 11.7 Å². The average molecular weight is 292 g/mol. The number of hydrogen-bond donors (Lipinski definition) is 1. The first-order valence-corrected chi connectivity index (χ1v) is 7.44. The van der Waals surface area contributed by atoms with Gasteiger partial charge in [0.05, 0.1) is 17.8 Å². The van der Waals surface area contributed by atoms with Crippen molar-refractivity contribution >= 4 is 11.3 Å². The number of H-pyrrole nitrogens is 1. The highest BCUT2D eigenvalue weighted by Crippen LogP contribution is 2.20. The van der Waals surface area contributed by atoms with Gasteiger partial charge in [0, 0.05) is 36.8 Å². The van der Waals surface area contributed by atoms with E-state index in [9.17, 15) is 4.79 Å². The molecule has 1 aliphatic heterocycles. The first-order valence-electron chi connectivity index (χ1n) is 6.49. The highest BCUT2D eigenvalue weighted by Gasteiger charge is 2.24. The van der Waals surface area contributed by atoms with Crippen molar-refractivity contribution in [3.63, 3.8) is 0 Å². The molecule has 0 bridgehead atoms. The zero-order valence-corrected chi connectivity index (χ0v) is 12.0. The number of rotatable bonds is 3. The monoisotopic (exact) mass is 292 g/mol. The van der Waals surface area contributed by atoms with Crippen molar-refractivity contribution in [2.75, 3.05) is 19.7 Å². The van der Waals surface area contributed by atoms with Gasteiger partial charge in [-0.15, -0.1) is 11.3 Å². The fourth-order valence-electron chi connectivity index (χ4n) is 2.31. The van der Waals surface area contributed by atoms with Crippen LogP contribution in [-0.4, -0.2) is 39.5 Å². The third-order valence-electron chi connectivity index (χ3n) is 3.21. The van der Waals surface area contributed by atoms with Gasteiger partial charge >= 0.3 is 0 Å². The number of aryl methyl sites for hydroxylation is 1. The highest BCUT2D eigenvalue weighted by atomic mass is 32.1. The molecular formula is C13H16N4O2S. The Kier molecular flexibility index (Phi) is 3.90. The summed E-state index contributed by atoms with van der Waals surface area (Å²) in [5.74, 6) is 0.609. The minimum Gasteiger partial charge on any atom is -0.368 e. The van der Waals surface area contributed by atoms with Crippen molar-refractivity contribution in [1.82, 2.24) is 19.9 Å². The minimum absolute atomic E-state index is 0.132. The van der Waals surface area contributed by atoms with Crippen LogP contribution in [0.1, 0.15) is 23.3 Å². The van der Waals surface area contributed by atoms with Crippen LogP contribution in [0.15, 0.2) is 21.8 Å². The molecule has 0 saturated carbocycles. The van der Waals surface area contributed by atoms with Crippen LogP contribution in [0.5, 0.6) is 0 Å². The second-order valence-electron chi connectivity index (χ2n) is 4.85. The van der Waals surface area contributed by atoms with Crippen LogP contribution in [0, 0.1) is 6.92 Å². The molecule has 3 rings (SSSR count). The van der Waals surface area contributed by atoms with Gasteiger partial charge in [-0.1, -0.05) is 0 Å². The first-order chi connectivity index (χ1) is 9.70. The molecule has 0 radical (unpaired) electrons. The Hall–Kier alpha value is -1.57. The molecule has 1 atom stereocenters. The molecule has 2 aromatic rings. The number of hydrogen-bond acceptors (Lipinski definition) is 6. The standard InChI is InChI=1S/C13H16N4O2S/c1-9-4-12(18)16-13(15-9)11-6-17(2-3-19-11)5-10-7-20-8-14-10/h4,7-8,11H,2-3,5-6H2,1H3,(H,15,16,18)/t11-/m0/s1. The van der Waals surface area contributed by atoms with Gasteiger partial charge in [0.2, 0.25) is 0 Å². The molecule has 1 fully saturated rings. The Labute approximate surface area is 120 Å². The molecule has 106 valence electrons. The van der Waals surface area contributed by atoms with Gasteiger partial charge in [0.1, 0.15) is 11.9 Å². The van der Waals surface area contributed by atoms with Gasteiger partial charge in [0.15, 0.2) is 0 Å². The first kappa shape index (κ1) is 13.4. The third-order valence-corrected chi connectivity index (χ3v) is 3.85. The lowest BCUT2D eigenvalue weighted by atomic mass is 10.2. The normalized spacial score (nSPS) is 20.1. The molecule has 0 unspecified atom stereocenters. The topological polar surface area (TPSA) is 71.1 Å². The van der Waals surface area contributed by atoms with Crippen LogP contribution in [0.25, 0.3) is 0 Å². The van der Waals surface area contributed by atoms with Crippen molar-refractivity contribution < 1.29 is 4.74 Å². The van der Waals surface area contributed by atoms with E-state index in [0.29, 0.717) is 24.7 Å². The van der Waals surface area contributed by atoms with Gasteiger partial charge in [0.25, 0.3) is 5.56 Å². The summed E-state index contributed by atoms with van der Waals surface area (Å²) in [4.78, 5) is 25.2. The molecule has 20 heavy (non-hydrogen) atoms. The van der Waals surface area contributed by atoms with E-state index in [2.05, 4.69) is 25.2 Å². The summed E-state index contributed by atoms with van der Waals surface area (Å²) in [6, 6.07) is 1.49. The molecule has 2 aromatic heterocycles. The van der Waals surface area contributed by atoms with Crippen molar-refractivity contribution in [3.8, 4) is 0 Å². The van der Waals surface area contributed by atoms with E-state index in [1.165, 1.54) is 6.07 Å². The van der Waals surface area contributed by atoms with Crippen molar-refractivity contribution in [1.29, 1.82) is 0 Å². The second kappa shape index (κ2) is 5.82. The number of nitrogens with zero attached hydrogens (tertiary/aromatic N) is 3. The predicted molar refractivity (Wildman–Crippen MR) is 75.7 cm³/mol. The van der Waals surface area contributed by atoms with E-state index in [1.54, 1.807) is 11.3 Å². The predicted octanol–water partition coefficient (Wildman–Crippen LogP) is 1.11. The number of thiazole rings is 1. The number of nitrogens with one attached hydrogen (secondary N) is 1. The maximum absolute atomic E-state index is 11.5. The molecular weight excluding hydrogens is 276 g/mol. The van der Waals surface area contributed by atoms with Crippen LogP contribution in [0.4, 0.5) is 0 Å². The van der Waals surface area contributed by atoms with Crippen LogP contribution >= 0.6 is 11.3 Å². The molecule has 1 N–H and O–H groups in total. The lowest BCUT2D eigenvalue weighted by molar-refractivity contribution is -0.0377. The zero-order valence-electron chi connectivity index (χ0n) is 11.2. The molecule has 7 heteroatoms. The maximum Gasteiger partial charge on any atom is 0.251 e. The molecule has 3 heterocycles. The molecule has 1 aliphatic rings. The second-order valence-corrected chi connectivity index (χ2v) is 5.57. The number of morpholine rings is 1. The quantitative estimate of drug-likeness (QED) is 0.917. The molecule has 0 amide bonds. The van der Waals surface area contributed by atoms with Crippen molar-refractivity contribution in [3.05, 3.63) is 44.5 Å². The summed E-state index contributed by atoms with van der Waals surface area (Å²) >= 11 is 1.60. The van der Waals surface area contributed by atoms with Gasteiger partial charge < -0.3 is 9.72 Å². The SMILES string of the molecule is Cc1cc(=O)[nH]c([C@@H]2CN(Cc3cscn3)CCO2)n1. The third kappa shape index (κ3) is 3.12. The Morgan fingerprint density at radius 2 is 2.50 bits per heavy atom. The molecule has 0 aromatic carbocycles. The molecule has 0 aliphatic carbocycles. The lowest BCUT2D eigenvalue weighted by Crippen LogP contribution is -2.39. The zero-order chi connectivity index (χ0) is 13.9. The van der Waals surface area contributed by atoms with E-state index in [4.69, 9.17) is 4.74 Å². The van der Waals surface area contributed by atoms with E-state index >= 15 is 0 Å². The van der Waals surface area contributed by atoms with Gasteiger partial charge in [-0.05, 0) is 6.92 Å². The van der Waals surface area contributed by atoms with E-state index in [0.717, 1.165) is 18.8 Å². The van der Waals surface area contributed by atoms with Crippen molar-refractivity contribution in [2.45, 2.75) is 19.6 Å². The summed E-state index contributed by atoms with van der Waals surface area (Å²) in [6.45, 7) is 4.83. The van der Waals surface area contributed by atoms with Gasteiger partial charge in [-0.25, -0.2) is 9.97 Å². The van der Waals surface area contributed by atoms with Crippen LogP contribution in [0.3, 0.4) is 0 Å².